The predicted molar refractivity (Wildman–Crippen MR) is 117 cm³/mol. The third kappa shape index (κ3) is 5.36. The van der Waals surface area contributed by atoms with Crippen LogP contribution in [0, 0.1) is 0 Å². The largest absolute Gasteiger partial charge is 0.494 e. The van der Waals surface area contributed by atoms with E-state index in [9.17, 15) is 4.79 Å². The summed E-state index contributed by atoms with van der Waals surface area (Å²) in [5, 5.41) is 2.97. The lowest BCUT2D eigenvalue weighted by Crippen LogP contribution is -2.36. The zero-order chi connectivity index (χ0) is 21.3. The zero-order valence-electron chi connectivity index (χ0n) is 17.9. The molecule has 0 aliphatic carbocycles. The van der Waals surface area contributed by atoms with Gasteiger partial charge in [0.25, 0.3) is 5.91 Å². The number of benzene rings is 2. The second-order valence-corrected chi connectivity index (χ2v) is 6.70. The van der Waals surface area contributed by atoms with E-state index in [1.165, 1.54) is 0 Å². The van der Waals surface area contributed by atoms with Gasteiger partial charge in [-0.2, -0.15) is 0 Å². The van der Waals surface area contributed by atoms with E-state index in [0.717, 1.165) is 18.8 Å². The van der Waals surface area contributed by atoms with Gasteiger partial charge in [0.2, 0.25) is 0 Å². The van der Waals surface area contributed by atoms with Crippen LogP contribution in [-0.2, 0) is 4.74 Å². The summed E-state index contributed by atoms with van der Waals surface area (Å²) < 4.78 is 22.7. The Morgan fingerprint density at radius 3 is 2.37 bits per heavy atom. The van der Waals surface area contributed by atoms with Crippen LogP contribution in [0.15, 0.2) is 36.4 Å². The number of hydrogen-bond acceptors (Lipinski definition) is 6. The molecule has 0 saturated carbocycles. The van der Waals surface area contributed by atoms with E-state index in [4.69, 9.17) is 18.9 Å². The normalized spacial score (nSPS) is 13.6. The number of rotatable bonds is 9. The first-order chi connectivity index (χ1) is 14.7. The average Bonchev–Trinajstić information content (AvgIpc) is 2.77. The molecule has 162 valence electrons. The van der Waals surface area contributed by atoms with Gasteiger partial charge in [-0.1, -0.05) is 6.07 Å². The van der Waals surface area contributed by atoms with Crippen LogP contribution in [0.5, 0.6) is 17.2 Å². The Balaban J connectivity index is 1.91. The molecule has 2 aromatic carbocycles. The minimum Gasteiger partial charge on any atom is -0.494 e. The molecule has 1 amide bonds. The minimum absolute atomic E-state index is 0.237. The lowest BCUT2D eigenvalue weighted by molar-refractivity contribution is 0.102. The van der Waals surface area contributed by atoms with Crippen molar-refractivity contribution in [3.8, 4) is 17.2 Å². The standard InChI is InChI=1S/C23H30N2O5/c1-4-28-18-9-7-8-17(14-18)23(26)24-19-15-22(30-6-3)20(16-21(19)29-5-2)25-10-12-27-13-11-25/h7-9,14-16H,4-6,10-13H2,1-3H3,(H,24,26). The number of nitrogens with zero attached hydrogens (tertiary/aromatic N) is 1. The Morgan fingerprint density at radius 2 is 1.67 bits per heavy atom. The molecule has 7 nitrogen and oxygen atoms in total. The Kier molecular flexibility index (Phi) is 7.79. The van der Waals surface area contributed by atoms with Crippen LogP contribution in [0.4, 0.5) is 11.4 Å². The molecule has 1 aliphatic heterocycles. The van der Waals surface area contributed by atoms with Gasteiger partial charge in [-0.05, 0) is 39.0 Å². The highest BCUT2D eigenvalue weighted by Gasteiger charge is 2.21. The molecule has 0 unspecified atom stereocenters. The van der Waals surface area contributed by atoms with Crippen LogP contribution in [0.1, 0.15) is 31.1 Å². The fourth-order valence-electron chi connectivity index (χ4n) is 3.33. The summed E-state index contributed by atoms with van der Waals surface area (Å²) in [5.41, 5.74) is 2.03. The van der Waals surface area contributed by atoms with Crippen molar-refractivity contribution in [3.05, 3.63) is 42.0 Å². The molecular formula is C23H30N2O5. The number of ether oxygens (including phenoxy) is 4. The number of hydrogen-bond donors (Lipinski definition) is 1. The molecule has 0 atom stereocenters. The smallest absolute Gasteiger partial charge is 0.255 e. The number of morpholine rings is 1. The molecule has 0 radical (unpaired) electrons. The van der Waals surface area contributed by atoms with Crippen molar-refractivity contribution in [1.82, 2.24) is 0 Å². The van der Waals surface area contributed by atoms with Crippen molar-refractivity contribution < 1.29 is 23.7 Å². The fourth-order valence-corrected chi connectivity index (χ4v) is 3.33. The summed E-state index contributed by atoms with van der Waals surface area (Å²) in [7, 11) is 0. The first kappa shape index (κ1) is 21.8. The van der Waals surface area contributed by atoms with Gasteiger partial charge in [0.05, 0.1) is 44.4 Å². The van der Waals surface area contributed by atoms with E-state index in [2.05, 4.69) is 10.2 Å². The average molecular weight is 415 g/mol. The highest BCUT2D eigenvalue weighted by molar-refractivity contribution is 6.05. The molecule has 1 fully saturated rings. The summed E-state index contributed by atoms with van der Waals surface area (Å²) in [6, 6.07) is 10.9. The molecule has 1 heterocycles. The second kappa shape index (κ2) is 10.7. The van der Waals surface area contributed by atoms with E-state index in [0.29, 0.717) is 61.5 Å². The van der Waals surface area contributed by atoms with Gasteiger partial charge in [-0.3, -0.25) is 4.79 Å². The highest BCUT2D eigenvalue weighted by Crippen LogP contribution is 2.39. The van der Waals surface area contributed by atoms with Gasteiger partial charge in [0, 0.05) is 30.8 Å². The van der Waals surface area contributed by atoms with Crippen molar-refractivity contribution >= 4 is 17.3 Å². The number of nitrogens with one attached hydrogen (secondary N) is 1. The maximum atomic E-state index is 12.9. The SMILES string of the molecule is CCOc1cccc(C(=O)Nc2cc(OCC)c(N3CCOCC3)cc2OCC)c1. The molecule has 0 bridgehead atoms. The van der Waals surface area contributed by atoms with Gasteiger partial charge in [-0.15, -0.1) is 0 Å². The number of carbonyl (C=O) groups is 1. The zero-order valence-corrected chi connectivity index (χ0v) is 17.9. The fraction of sp³-hybridized carbons (Fsp3) is 0.435. The minimum atomic E-state index is -0.237. The number of amides is 1. The molecule has 2 aromatic rings. The number of carbonyl (C=O) groups excluding carboxylic acids is 1. The Labute approximate surface area is 177 Å². The first-order valence-electron chi connectivity index (χ1n) is 10.5. The molecule has 3 rings (SSSR count). The van der Waals surface area contributed by atoms with E-state index < -0.39 is 0 Å². The molecule has 1 saturated heterocycles. The molecule has 7 heteroatoms. The van der Waals surface area contributed by atoms with Crippen molar-refractivity contribution in [3.63, 3.8) is 0 Å². The predicted octanol–water partition coefficient (Wildman–Crippen LogP) is 3.97. The summed E-state index contributed by atoms with van der Waals surface area (Å²) in [5.74, 6) is 1.74. The topological polar surface area (TPSA) is 69.3 Å². The van der Waals surface area contributed by atoms with Gasteiger partial charge in [0.15, 0.2) is 0 Å². The van der Waals surface area contributed by atoms with Crippen LogP contribution >= 0.6 is 0 Å². The Hall–Kier alpha value is -2.93. The van der Waals surface area contributed by atoms with E-state index in [1.54, 1.807) is 18.2 Å². The molecule has 1 aliphatic rings. The van der Waals surface area contributed by atoms with Crippen molar-refractivity contribution in [2.45, 2.75) is 20.8 Å². The van der Waals surface area contributed by atoms with Crippen LogP contribution in [0.3, 0.4) is 0 Å². The quantitative estimate of drug-likeness (QED) is 0.670. The van der Waals surface area contributed by atoms with Crippen molar-refractivity contribution in [1.29, 1.82) is 0 Å². The van der Waals surface area contributed by atoms with Crippen LogP contribution < -0.4 is 24.4 Å². The van der Waals surface area contributed by atoms with Gasteiger partial charge >= 0.3 is 0 Å². The van der Waals surface area contributed by atoms with Crippen LogP contribution in [0.25, 0.3) is 0 Å². The van der Waals surface area contributed by atoms with E-state index in [1.807, 2.05) is 39.0 Å². The van der Waals surface area contributed by atoms with Crippen LogP contribution in [0.2, 0.25) is 0 Å². The molecule has 1 N–H and O–H groups in total. The van der Waals surface area contributed by atoms with Crippen molar-refractivity contribution in [2.75, 3.05) is 56.3 Å². The Morgan fingerprint density at radius 1 is 0.967 bits per heavy atom. The van der Waals surface area contributed by atoms with Gasteiger partial charge < -0.3 is 29.2 Å². The molecule has 0 aromatic heterocycles. The highest BCUT2D eigenvalue weighted by atomic mass is 16.5. The van der Waals surface area contributed by atoms with Crippen molar-refractivity contribution in [2.24, 2.45) is 0 Å². The van der Waals surface area contributed by atoms with E-state index in [-0.39, 0.29) is 5.91 Å². The molecule has 30 heavy (non-hydrogen) atoms. The maximum Gasteiger partial charge on any atom is 0.255 e. The first-order valence-corrected chi connectivity index (χ1v) is 10.5. The lowest BCUT2D eigenvalue weighted by atomic mass is 10.1. The lowest BCUT2D eigenvalue weighted by Gasteiger charge is -2.31. The van der Waals surface area contributed by atoms with Crippen LogP contribution in [-0.4, -0.2) is 52.0 Å². The third-order valence-electron chi connectivity index (χ3n) is 4.67. The second-order valence-electron chi connectivity index (χ2n) is 6.70. The van der Waals surface area contributed by atoms with Gasteiger partial charge in [-0.25, -0.2) is 0 Å². The summed E-state index contributed by atoms with van der Waals surface area (Å²) in [6.45, 7) is 10.2. The summed E-state index contributed by atoms with van der Waals surface area (Å²) in [4.78, 5) is 15.1. The Bertz CT molecular complexity index is 849. The monoisotopic (exact) mass is 414 g/mol. The number of anilines is 2. The summed E-state index contributed by atoms with van der Waals surface area (Å²) in [6.07, 6.45) is 0. The van der Waals surface area contributed by atoms with Gasteiger partial charge in [0.1, 0.15) is 17.2 Å². The van der Waals surface area contributed by atoms with E-state index >= 15 is 0 Å². The third-order valence-corrected chi connectivity index (χ3v) is 4.67. The summed E-state index contributed by atoms with van der Waals surface area (Å²) >= 11 is 0. The maximum absolute atomic E-state index is 12.9. The molecule has 0 spiro atoms. The molecular weight excluding hydrogens is 384 g/mol.